The van der Waals surface area contributed by atoms with Gasteiger partial charge in [0.25, 0.3) is 5.88 Å². The molecule has 1 aliphatic heterocycles. The van der Waals surface area contributed by atoms with Crippen molar-refractivity contribution in [3.8, 4) is 11.8 Å². The molecule has 1 fully saturated rings. The highest BCUT2D eigenvalue weighted by molar-refractivity contribution is 5.35. The van der Waals surface area contributed by atoms with Gasteiger partial charge in [-0.1, -0.05) is 14.5 Å². The zero-order chi connectivity index (χ0) is 17.9. The maximum absolute atomic E-state index is 5.96. The maximum Gasteiger partial charge on any atom is 0.460 e. The molecule has 10 heteroatoms. The number of fused-ring (bicyclic) bond motifs is 1. The number of piperazine rings is 1. The molecule has 10 nitrogen and oxygen atoms in total. The van der Waals surface area contributed by atoms with Crippen LogP contribution in [0, 0.1) is 6.92 Å². The number of ether oxygens (including phenoxy) is 2. The molecule has 1 saturated heterocycles. The Morgan fingerprint density at radius 3 is 2.85 bits per heavy atom. The molecule has 0 spiro atoms. The predicted molar refractivity (Wildman–Crippen MR) is 92.3 cm³/mol. The Kier molecular flexibility index (Phi) is 4.48. The summed E-state index contributed by atoms with van der Waals surface area (Å²) in [5.41, 5.74) is 1.57. The third kappa shape index (κ3) is 3.36. The van der Waals surface area contributed by atoms with E-state index in [-0.39, 0.29) is 6.61 Å². The minimum absolute atomic E-state index is 0.280. The van der Waals surface area contributed by atoms with Gasteiger partial charge in [0.15, 0.2) is 6.33 Å². The quantitative estimate of drug-likeness (QED) is 0.597. The first-order valence-corrected chi connectivity index (χ1v) is 8.46. The summed E-state index contributed by atoms with van der Waals surface area (Å²) in [6.07, 6.45) is 1.57. The van der Waals surface area contributed by atoms with E-state index in [1.165, 1.54) is 0 Å². The van der Waals surface area contributed by atoms with Crippen LogP contribution in [0.4, 0.5) is 5.95 Å². The number of nitrogens with zero attached hydrogens (tertiary/aromatic N) is 6. The first-order valence-electron chi connectivity index (χ1n) is 8.46. The van der Waals surface area contributed by atoms with Crippen LogP contribution in [-0.2, 0) is 6.61 Å². The molecule has 0 amide bonds. The lowest BCUT2D eigenvalue weighted by Gasteiger charge is -2.27. The van der Waals surface area contributed by atoms with Gasteiger partial charge < -0.3 is 19.7 Å². The lowest BCUT2D eigenvalue weighted by atomic mass is 10.3. The molecule has 2 N–H and O–H groups in total. The van der Waals surface area contributed by atoms with Gasteiger partial charge in [-0.2, -0.15) is 4.98 Å². The summed E-state index contributed by atoms with van der Waals surface area (Å²) in [5, 5.41) is 6.31. The molecule has 0 aromatic carbocycles. The number of aromatic nitrogens is 6. The van der Waals surface area contributed by atoms with Crippen LogP contribution in [0.5, 0.6) is 11.8 Å². The van der Waals surface area contributed by atoms with Crippen molar-refractivity contribution >= 4 is 11.7 Å². The molecule has 3 aromatic rings. The fourth-order valence-corrected chi connectivity index (χ4v) is 2.83. The number of H-pyrrole nitrogens is 1. The van der Waals surface area contributed by atoms with Crippen molar-refractivity contribution in [2.45, 2.75) is 13.5 Å². The fraction of sp³-hybridized carbons (Fsp3) is 0.438. The second-order valence-corrected chi connectivity index (χ2v) is 5.99. The molecule has 0 aliphatic carbocycles. The van der Waals surface area contributed by atoms with Crippen LogP contribution in [0.25, 0.3) is 5.78 Å². The molecule has 0 bridgehead atoms. The van der Waals surface area contributed by atoms with Crippen LogP contribution >= 0.6 is 0 Å². The lowest BCUT2D eigenvalue weighted by molar-refractivity contribution is -0.588. The molecule has 4 heterocycles. The second-order valence-electron chi connectivity index (χ2n) is 5.99. The van der Waals surface area contributed by atoms with Gasteiger partial charge in [0, 0.05) is 32.2 Å². The number of aromatic amines is 1. The van der Waals surface area contributed by atoms with Crippen LogP contribution in [0.1, 0.15) is 11.4 Å². The van der Waals surface area contributed by atoms with Crippen LogP contribution in [0.2, 0.25) is 0 Å². The van der Waals surface area contributed by atoms with Crippen LogP contribution in [0.3, 0.4) is 0 Å². The molecule has 0 saturated carbocycles. The molecule has 3 aromatic heterocycles. The summed E-state index contributed by atoms with van der Waals surface area (Å²) >= 11 is 0. The monoisotopic (exact) mass is 357 g/mol. The molecule has 0 atom stereocenters. The highest BCUT2D eigenvalue weighted by Crippen LogP contribution is 2.17. The number of methoxy groups -OCH3 is 1. The summed E-state index contributed by atoms with van der Waals surface area (Å²) in [7, 11) is 1.60. The standard InChI is InChI=1S/C16H20N8O2/c1-11-7-14(24-15(20-11)18-10-19-24)26-9-12-8-13(25-2)22-16(21-12)23-5-3-17-4-6-23/h7-8,10,17H,3-6,9H2,1-2H3/p+1. The minimum Gasteiger partial charge on any atom is -0.481 e. The van der Waals surface area contributed by atoms with E-state index >= 15 is 0 Å². The molecule has 0 radical (unpaired) electrons. The minimum atomic E-state index is 0.280. The number of nitrogens with one attached hydrogen (secondary N) is 2. The summed E-state index contributed by atoms with van der Waals surface area (Å²) in [6.45, 7) is 5.73. The van der Waals surface area contributed by atoms with E-state index in [1.54, 1.807) is 24.0 Å². The zero-order valence-electron chi connectivity index (χ0n) is 14.8. The smallest absolute Gasteiger partial charge is 0.460 e. The van der Waals surface area contributed by atoms with Crippen molar-refractivity contribution in [2.75, 3.05) is 38.2 Å². The van der Waals surface area contributed by atoms with E-state index in [1.807, 2.05) is 13.0 Å². The van der Waals surface area contributed by atoms with Crippen LogP contribution in [0.15, 0.2) is 18.5 Å². The zero-order valence-corrected chi connectivity index (χ0v) is 14.8. The maximum atomic E-state index is 5.96. The van der Waals surface area contributed by atoms with E-state index in [0.29, 0.717) is 23.5 Å². The number of rotatable bonds is 5. The van der Waals surface area contributed by atoms with Gasteiger partial charge in [0.05, 0.1) is 18.9 Å². The third-order valence-electron chi connectivity index (χ3n) is 4.12. The number of hydrogen-bond acceptors (Lipinski definition) is 8. The average Bonchev–Trinajstić information content (AvgIpc) is 3.15. The number of aryl methyl sites for hydroxylation is 1. The lowest BCUT2D eigenvalue weighted by Crippen LogP contribution is -2.44. The SMILES string of the molecule is COc1cc(COc2cc(C)nc3nc[nH][n+]23)nc(N2CCNCC2)n1. The van der Waals surface area contributed by atoms with Crippen LogP contribution < -0.4 is 24.2 Å². The Bertz CT molecular complexity index is 906. The molecule has 136 valence electrons. The van der Waals surface area contributed by atoms with Crippen molar-refractivity contribution < 1.29 is 14.0 Å². The summed E-state index contributed by atoms with van der Waals surface area (Å²) in [5.74, 6) is 2.36. The van der Waals surface area contributed by atoms with Crippen molar-refractivity contribution in [3.63, 3.8) is 0 Å². The largest absolute Gasteiger partial charge is 0.481 e. The molecular weight excluding hydrogens is 336 g/mol. The van der Waals surface area contributed by atoms with Crippen molar-refractivity contribution in [2.24, 2.45) is 0 Å². The summed E-state index contributed by atoms with van der Waals surface area (Å²) < 4.78 is 13.0. The summed E-state index contributed by atoms with van der Waals surface area (Å²) in [6, 6.07) is 3.63. The van der Waals surface area contributed by atoms with E-state index < -0.39 is 0 Å². The van der Waals surface area contributed by atoms with Gasteiger partial charge in [-0.3, -0.25) is 0 Å². The molecule has 4 rings (SSSR count). The average molecular weight is 357 g/mol. The van der Waals surface area contributed by atoms with Gasteiger partial charge in [0.1, 0.15) is 12.3 Å². The molecule has 1 aliphatic rings. The van der Waals surface area contributed by atoms with Crippen molar-refractivity contribution in [1.29, 1.82) is 0 Å². The van der Waals surface area contributed by atoms with Crippen molar-refractivity contribution in [3.05, 3.63) is 29.8 Å². The number of anilines is 1. The fourth-order valence-electron chi connectivity index (χ4n) is 2.83. The first kappa shape index (κ1) is 16.5. The van der Waals surface area contributed by atoms with Gasteiger partial charge in [-0.25, -0.2) is 10.1 Å². The Morgan fingerprint density at radius 2 is 2.04 bits per heavy atom. The van der Waals surface area contributed by atoms with Crippen LogP contribution in [-0.4, -0.2) is 58.3 Å². The van der Waals surface area contributed by atoms with E-state index in [0.717, 1.165) is 37.6 Å². The third-order valence-corrected chi connectivity index (χ3v) is 4.12. The predicted octanol–water partition coefficient (Wildman–Crippen LogP) is -0.361. The highest BCUT2D eigenvalue weighted by Gasteiger charge is 2.18. The van der Waals surface area contributed by atoms with Gasteiger partial charge in [-0.05, 0) is 6.92 Å². The Morgan fingerprint density at radius 1 is 1.19 bits per heavy atom. The van der Waals surface area contributed by atoms with Gasteiger partial charge in [0.2, 0.25) is 11.8 Å². The Balaban J connectivity index is 1.58. The normalized spacial score (nSPS) is 14.6. The van der Waals surface area contributed by atoms with E-state index in [9.17, 15) is 0 Å². The van der Waals surface area contributed by atoms with E-state index in [2.05, 4.69) is 35.3 Å². The summed E-state index contributed by atoms with van der Waals surface area (Å²) in [4.78, 5) is 19.7. The molecular formula is C16H21N8O2+. The van der Waals surface area contributed by atoms with E-state index in [4.69, 9.17) is 9.47 Å². The molecule has 26 heavy (non-hydrogen) atoms. The Hall–Kier alpha value is -3.01. The molecule has 0 unspecified atom stereocenters. The Labute approximate surface area is 150 Å². The highest BCUT2D eigenvalue weighted by atomic mass is 16.5. The first-order chi connectivity index (χ1) is 12.7. The second kappa shape index (κ2) is 7.08. The van der Waals surface area contributed by atoms with Crippen molar-refractivity contribution in [1.82, 2.24) is 30.4 Å². The topological polar surface area (TPSA) is 105 Å². The van der Waals surface area contributed by atoms with Gasteiger partial charge >= 0.3 is 5.78 Å². The number of hydrogen-bond donors (Lipinski definition) is 2. The van der Waals surface area contributed by atoms with Gasteiger partial charge in [-0.15, -0.1) is 0 Å².